The number of carbonyl (C=O) groups is 1. The summed E-state index contributed by atoms with van der Waals surface area (Å²) in [7, 11) is 1.89. The van der Waals surface area contributed by atoms with Crippen LogP contribution >= 0.6 is 11.6 Å². The molecule has 1 aromatic heterocycles. The van der Waals surface area contributed by atoms with E-state index < -0.39 is 6.04 Å². The summed E-state index contributed by atoms with van der Waals surface area (Å²) >= 11 is 5.99. The van der Waals surface area contributed by atoms with Crippen molar-refractivity contribution in [3.63, 3.8) is 0 Å². The number of amides is 1. The fourth-order valence-electron chi connectivity index (χ4n) is 2.98. The number of ether oxygens (including phenoxy) is 1. The second kappa shape index (κ2) is 8.27. The molecule has 0 spiro atoms. The summed E-state index contributed by atoms with van der Waals surface area (Å²) < 4.78 is 7.55. The third kappa shape index (κ3) is 4.89. The van der Waals surface area contributed by atoms with Crippen molar-refractivity contribution in [2.24, 2.45) is 7.05 Å². The molecule has 1 amide bonds. The Labute approximate surface area is 164 Å². The lowest BCUT2D eigenvalue weighted by Gasteiger charge is -2.19. The van der Waals surface area contributed by atoms with Crippen LogP contribution in [0.1, 0.15) is 28.6 Å². The average molecular weight is 384 g/mol. The van der Waals surface area contributed by atoms with Gasteiger partial charge < -0.3 is 14.6 Å². The first kappa shape index (κ1) is 19.0. The van der Waals surface area contributed by atoms with Crippen LogP contribution in [0.25, 0.3) is 0 Å². The number of hydrogen-bond acceptors (Lipinski definition) is 3. The maximum absolute atomic E-state index is 12.5. The van der Waals surface area contributed by atoms with E-state index in [1.807, 2.05) is 55.9 Å². The first-order chi connectivity index (χ1) is 12.9. The van der Waals surface area contributed by atoms with Gasteiger partial charge >= 0.3 is 0 Å². The Bertz CT molecular complexity index is 915. The van der Waals surface area contributed by atoms with Gasteiger partial charge in [-0.3, -0.25) is 4.79 Å². The Morgan fingerprint density at radius 3 is 2.44 bits per heavy atom. The van der Waals surface area contributed by atoms with Gasteiger partial charge in [0, 0.05) is 24.5 Å². The van der Waals surface area contributed by atoms with Crippen LogP contribution in [0.4, 0.5) is 0 Å². The van der Waals surface area contributed by atoms with Gasteiger partial charge in [-0.25, -0.2) is 4.98 Å². The van der Waals surface area contributed by atoms with Crippen molar-refractivity contribution in [2.75, 3.05) is 6.61 Å². The van der Waals surface area contributed by atoms with Gasteiger partial charge in [0.1, 0.15) is 17.6 Å². The summed E-state index contributed by atoms with van der Waals surface area (Å²) in [6, 6.07) is 12.9. The number of nitrogens with one attached hydrogen (secondary N) is 1. The number of hydrogen-bond donors (Lipinski definition) is 1. The summed E-state index contributed by atoms with van der Waals surface area (Å²) in [6.07, 6.45) is 3.55. The largest absolute Gasteiger partial charge is 0.484 e. The molecule has 3 rings (SSSR count). The Kier molecular flexibility index (Phi) is 5.81. The molecule has 3 aromatic rings. The summed E-state index contributed by atoms with van der Waals surface area (Å²) in [5, 5.41) is 3.65. The zero-order valence-electron chi connectivity index (χ0n) is 15.6. The van der Waals surface area contributed by atoms with E-state index in [0.717, 1.165) is 22.5 Å². The summed E-state index contributed by atoms with van der Waals surface area (Å²) in [5.41, 5.74) is 3.09. The van der Waals surface area contributed by atoms with Crippen molar-refractivity contribution >= 4 is 17.5 Å². The van der Waals surface area contributed by atoms with Crippen LogP contribution in [0.2, 0.25) is 5.02 Å². The molecular formula is C21H22ClN3O2. The predicted octanol–water partition coefficient (Wildman–Crippen LogP) is 3.97. The van der Waals surface area contributed by atoms with Gasteiger partial charge in [0.05, 0.1) is 0 Å². The normalized spacial score (nSPS) is 11.9. The average Bonchev–Trinajstić information content (AvgIpc) is 3.04. The van der Waals surface area contributed by atoms with E-state index in [9.17, 15) is 4.79 Å². The monoisotopic (exact) mass is 383 g/mol. The number of aromatic nitrogens is 2. The number of nitrogens with zero attached hydrogens (tertiary/aromatic N) is 2. The first-order valence-corrected chi connectivity index (χ1v) is 9.03. The topological polar surface area (TPSA) is 56.1 Å². The maximum atomic E-state index is 12.5. The second-order valence-corrected chi connectivity index (χ2v) is 7.00. The molecule has 0 saturated heterocycles. The standard InChI is InChI=1S/C21H22ClN3O2/c1-14-10-15(2)12-18(11-14)27-13-19(26)24-20(21-23-8-9-25(21)3)16-4-6-17(22)7-5-16/h4-12,20H,13H2,1-3H3,(H,24,26). The SMILES string of the molecule is Cc1cc(C)cc(OCC(=O)NC(c2ccc(Cl)cc2)c2nccn2C)c1. The van der Waals surface area contributed by atoms with Crippen LogP contribution in [-0.4, -0.2) is 22.1 Å². The van der Waals surface area contributed by atoms with Crippen LogP contribution in [-0.2, 0) is 11.8 Å². The second-order valence-electron chi connectivity index (χ2n) is 6.56. The highest BCUT2D eigenvalue weighted by Crippen LogP contribution is 2.22. The van der Waals surface area contributed by atoms with Gasteiger partial charge in [-0.1, -0.05) is 29.8 Å². The first-order valence-electron chi connectivity index (χ1n) is 8.65. The van der Waals surface area contributed by atoms with Crippen molar-refractivity contribution in [3.05, 3.63) is 82.4 Å². The molecule has 140 valence electrons. The minimum Gasteiger partial charge on any atom is -0.484 e. The molecule has 2 aromatic carbocycles. The van der Waals surface area contributed by atoms with Crippen molar-refractivity contribution < 1.29 is 9.53 Å². The lowest BCUT2D eigenvalue weighted by Crippen LogP contribution is -2.34. The molecule has 0 aliphatic carbocycles. The van der Waals surface area contributed by atoms with Crippen molar-refractivity contribution in [2.45, 2.75) is 19.9 Å². The van der Waals surface area contributed by atoms with Crippen LogP contribution in [0.15, 0.2) is 54.9 Å². The van der Waals surface area contributed by atoms with Gasteiger partial charge in [0.15, 0.2) is 6.61 Å². The van der Waals surface area contributed by atoms with E-state index >= 15 is 0 Å². The van der Waals surface area contributed by atoms with Crippen molar-refractivity contribution in [3.8, 4) is 5.75 Å². The zero-order valence-corrected chi connectivity index (χ0v) is 16.3. The molecule has 5 nitrogen and oxygen atoms in total. The third-order valence-electron chi connectivity index (χ3n) is 4.19. The molecule has 0 saturated carbocycles. The molecule has 0 bridgehead atoms. The van der Waals surface area contributed by atoms with E-state index in [1.54, 1.807) is 18.3 Å². The lowest BCUT2D eigenvalue weighted by molar-refractivity contribution is -0.123. The summed E-state index contributed by atoms with van der Waals surface area (Å²) in [5.74, 6) is 1.19. The number of imidazole rings is 1. The molecule has 6 heteroatoms. The van der Waals surface area contributed by atoms with Crippen LogP contribution in [0, 0.1) is 13.8 Å². The fraction of sp³-hybridized carbons (Fsp3) is 0.238. The van der Waals surface area contributed by atoms with E-state index in [1.165, 1.54) is 0 Å². The van der Waals surface area contributed by atoms with Gasteiger partial charge in [0.25, 0.3) is 5.91 Å². The Morgan fingerprint density at radius 1 is 1.19 bits per heavy atom. The molecule has 1 heterocycles. The van der Waals surface area contributed by atoms with Crippen LogP contribution in [0.3, 0.4) is 0 Å². The fourth-order valence-corrected chi connectivity index (χ4v) is 3.10. The molecule has 1 atom stereocenters. The number of benzene rings is 2. The number of carbonyl (C=O) groups excluding carboxylic acids is 1. The smallest absolute Gasteiger partial charge is 0.258 e. The van der Waals surface area contributed by atoms with Gasteiger partial charge in [0.2, 0.25) is 0 Å². The van der Waals surface area contributed by atoms with E-state index in [-0.39, 0.29) is 12.5 Å². The highest BCUT2D eigenvalue weighted by atomic mass is 35.5. The van der Waals surface area contributed by atoms with E-state index in [0.29, 0.717) is 10.8 Å². The summed E-state index contributed by atoms with van der Waals surface area (Å²) in [6.45, 7) is 3.92. The quantitative estimate of drug-likeness (QED) is 0.700. The maximum Gasteiger partial charge on any atom is 0.258 e. The number of aryl methyl sites for hydroxylation is 3. The van der Waals surface area contributed by atoms with E-state index in [2.05, 4.69) is 16.4 Å². The van der Waals surface area contributed by atoms with Crippen LogP contribution < -0.4 is 10.1 Å². The Hall–Kier alpha value is -2.79. The molecule has 0 aliphatic rings. The lowest BCUT2D eigenvalue weighted by atomic mass is 10.1. The van der Waals surface area contributed by atoms with E-state index in [4.69, 9.17) is 16.3 Å². The van der Waals surface area contributed by atoms with Crippen LogP contribution in [0.5, 0.6) is 5.75 Å². The third-order valence-corrected chi connectivity index (χ3v) is 4.44. The molecule has 0 fully saturated rings. The van der Waals surface area contributed by atoms with Gasteiger partial charge in [-0.15, -0.1) is 0 Å². The molecule has 1 unspecified atom stereocenters. The number of rotatable bonds is 6. The zero-order chi connectivity index (χ0) is 19.4. The molecule has 27 heavy (non-hydrogen) atoms. The summed E-state index contributed by atoms with van der Waals surface area (Å²) in [4.78, 5) is 16.9. The Balaban J connectivity index is 1.74. The minimum atomic E-state index is -0.391. The molecule has 0 radical (unpaired) electrons. The van der Waals surface area contributed by atoms with Gasteiger partial charge in [-0.2, -0.15) is 0 Å². The van der Waals surface area contributed by atoms with Gasteiger partial charge in [-0.05, 0) is 54.8 Å². The minimum absolute atomic E-state index is 0.0720. The highest BCUT2D eigenvalue weighted by molar-refractivity contribution is 6.30. The highest BCUT2D eigenvalue weighted by Gasteiger charge is 2.21. The van der Waals surface area contributed by atoms with Crippen molar-refractivity contribution in [1.82, 2.24) is 14.9 Å². The number of halogens is 1. The molecule has 0 aliphatic heterocycles. The van der Waals surface area contributed by atoms with Crippen molar-refractivity contribution in [1.29, 1.82) is 0 Å². The predicted molar refractivity (Wildman–Crippen MR) is 106 cm³/mol. The molecule has 1 N–H and O–H groups in total. The Morgan fingerprint density at radius 2 is 1.85 bits per heavy atom. The molecular weight excluding hydrogens is 362 g/mol.